The second-order valence-corrected chi connectivity index (χ2v) is 4.59. The van der Waals surface area contributed by atoms with Crippen molar-refractivity contribution in [1.29, 1.82) is 0 Å². The van der Waals surface area contributed by atoms with Crippen LogP contribution in [0.3, 0.4) is 0 Å². The number of rotatable bonds is 4. The molecule has 3 nitrogen and oxygen atoms in total. The smallest absolute Gasteiger partial charge is 0.304 e. The molecule has 20 heavy (non-hydrogen) atoms. The van der Waals surface area contributed by atoms with Gasteiger partial charge < -0.3 is 9.76 Å². The Balaban J connectivity index is 1.79. The number of pyridine rings is 1. The maximum Gasteiger partial charge on any atom is 0.304 e. The molecule has 0 spiro atoms. The Bertz CT molecular complexity index is 716. The molecule has 0 saturated carbocycles. The summed E-state index contributed by atoms with van der Waals surface area (Å²) < 4.78 is 5.68. The van der Waals surface area contributed by atoms with Gasteiger partial charge in [0.2, 0.25) is 0 Å². The third-order valence-corrected chi connectivity index (χ3v) is 3.12. The van der Waals surface area contributed by atoms with Crippen LogP contribution in [-0.4, -0.2) is 17.5 Å². The largest absolute Gasteiger partial charge is 0.487 e. The molecule has 0 amide bonds. The Morgan fingerprint density at radius 2 is 1.85 bits per heavy atom. The van der Waals surface area contributed by atoms with Crippen LogP contribution >= 0.6 is 0 Å². The second kappa shape index (κ2) is 5.76. The molecule has 0 saturated heterocycles. The van der Waals surface area contributed by atoms with Crippen molar-refractivity contribution in [2.75, 3.05) is 0 Å². The fourth-order valence-electron chi connectivity index (χ4n) is 2.07. The third kappa shape index (κ3) is 2.81. The molecule has 98 valence electrons. The molecule has 0 aliphatic heterocycles. The van der Waals surface area contributed by atoms with Crippen LogP contribution in [0.15, 0.2) is 60.7 Å². The van der Waals surface area contributed by atoms with Gasteiger partial charge in [-0.3, -0.25) is 0 Å². The molecule has 0 aliphatic rings. The van der Waals surface area contributed by atoms with Gasteiger partial charge in [-0.2, -0.15) is 0 Å². The van der Waals surface area contributed by atoms with E-state index >= 15 is 0 Å². The first-order valence-corrected chi connectivity index (χ1v) is 6.52. The average Bonchev–Trinajstić information content (AvgIpc) is 2.53. The summed E-state index contributed by atoms with van der Waals surface area (Å²) in [5.74, 6) is 0.838. The van der Waals surface area contributed by atoms with Crippen LogP contribution in [-0.2, 0) is 6.61 Å². The average molecular weight is 263 g/mol. The molecule has 3 aromatic rings. The van der Waals surface area contributed by atoms with Crippen LogP contribution in [0.4, 0.5) is 0 Å². The van der Waals surface area contributed by atoms with Gasteiger partial charge in [-0.25, -0.2) is 4.98 Å². The van der Waals surface area contributed by atoms with E-state index in [1.165, 1.54) is 0 Å². The molecule has 0 atom stereocenters. The first-order chi connectivity index (χ1) is 9.85. The van der Waals surface area contributed by atoms with E-state index in [1.54, 1.807) is 0 Å². The van der Waals surface area contributed by atoms with Gasteiger partial charge in [-0.15, -0.1) is 0 Å². The maximum absolute atomic E-state index is 9.12. The lowest BCUT2D eigenvalue weighted by atomic mass is 9.88. The summed E-state index contributed by atoms with van der Waals surface area (Å²) in [6.45, 7) is 0.446. The molecule has 1 N–H and O–H groups in total. The summed E-state index contributed by atoms with van der Waals surface area (Å²) in [6, 6.07) is 19.4. The van der Waals surface area contributed by atoms with Gasteiger partial charge >= 0.3 is 7.48 Å². The van der Waals surface area contributed by atoms with Gasteiger partial charge in [0.15, 0.2) is 0 Å². The van der Waals surface area contributed by atoms with Gasteiger partial charge in [0.05, 0.1) is 11.2 Å². The third-order valence-electron chi connectivity index (χ3n) is 3.12. The van der Waals surface area contributed by atoms with Gasteiger partial charge in [0.1, 0.15) is 12.4 Å². The molecule has 1 heterocycles. The zero-order valence-electron chi connectivity index (χ0n) is 11.0. The van der Waals surface area contributed by atoms with Crippen molar-refractivity contribution < 1.29 is 9.76 Å². The van der Waals surface area contributed by atoms with Gasteiger partial charge in [-0.05, 0) is 29.7 Å². The molecule has 1 aromatic heterocycles. The van der Waals surface area contributed by atoms with E-state index in [-0.39, 0.29) is 7.48 Å². The van der Waals surface area contributed by atoms with Crippen LogP contribution in [0.5, 0.6) is 5.75 Å². The van der Waals surface area contributed by atoms with Crippen LogP contribution in [0.2, 0.25) is 0 Å². The van der Waals surface area contributed by atoms with Crippen molar-refractivity contribution in [2.24, 2.45) is 0 Å². The SMILES string of the molecule is OBc1ccc2nc(COc3ccccc3)ccc2c1. The molecule has 0 unspecified atom stereocenters. The van der Waals surface area contributed by atoms with Crippen molar-refractivity contribution in [3.8, 4) is 5.75 Å². The lowest BCUT2D eigenvalue weighted by Gasteiger charge is -2.07. The molecule has 4 heteroatoms. The fraction of sp³-hybridized carbons (Fsp3) is 0.0625. The van der Waals surface area contributed by atoms with E-state index in [2.05, 4.69) is 4.98 Å². The Kier molecular flexibility index (Phi) is 3.66. The minimum absolute atomic E-state index is 0.0504. The molecule has 0 radical (unpaired) electrons. The minimum atomic E-state index is 0.0504. The number of hydrogen-bond donors (Lipinski definition) is 1. The van der Waals surface area contributed by atoms with Crippen LogP contribution in [0, 0.1) is 0 Å². The Hall–Kier alpha value is -2.33. The van der Waals surface area contributed by atoms with E-state index in [4.69, 9.17) is 9.76 Å². The number of hydrogen-bond acceptors (Lipinski definition) is 3. The summed E-state index contributed by atoms with van der Waals surface area (Å²) in [7, 11) is 0.0504. The summed E-state index contributed by atoms with van der Waals surface area (Å²) in [5.41, 5.74) is 2.70. The topological polar surface area (TPSA) is 42.4 Å². The summed E-state index contributed by atoms with van der Waals surface area (Å²) >= 11 is 0. The zero-order valence-corrected chi connectivity index (χ0v) is 11.0. The quantitative estimate of drug-likeness (QED) is 0.729. The molecule has 0 bridgehead atoms. The van der Waals surface area contributed by atoms with Gasteiger partial charge in [0, 0.05) is 0 Å². The minimum Gasteiger partial charge on any atom is -0.487 e. The first kappa shape index (κ1) is 12.7. The molecular weight excluding hydrogens is 249 g/mol. The van der Waals surface area contributed by atoms with Crippen LogP contribution in [0.25, 0.3) is 10.9 Å². The number of benzene rings is 2. The van der Waals surface area contributed by atoms with Crippen molar-refractivity contribution in [1.82, 2.24) is 4.98 Å². The number of fused-ring (bicyclic) bond motifs is 1. The van der Waals surface area contributed by atoms with E-state index < -0.39 is 0 Å². The highest BCUT2D eigenvalue weighted by Gasteiger charge is 2.01. The highest BCUT2D eigenvalue weighted by Crippen LogP contribution is 2.14. The molecule has 0 aliphatic carbocycles. The summed E-state index contributed by atoms with van der Waals surface area (Å²) in [6.07, 6.45) is 0. The van der Waals surface area contributed by atoms with Crippen LogP contribution in [0.1, 0.15) is 5.69 Å². The highest BCUT2D eigenvalue weighted by molar-refractivity contribution is 6.45. The van der Waals surface area contributed by atoms with Gasteiger partial charge in [0.25, 0.3) is 0 Å². The van der Waals surface area contributed by atoms with Crippen LogP contribution < -0.4 is 10.2 Å². The monoisotopic (exact) mass is 263 g/mol. The van der Waals surface area contributed by atoms with E-state index in [0.29, 0.717) is 6.61 Å². The lowest BCUT2D eigenvalue weighted by molar-refractivity contribution is 0.302. The Labute approximate surface area is 118 Å². The van der Waals surface area contributed by atoms with E-state index in [0.717, 1.165) is 27.8 Å². The van der Waals surface area contributed by atoms with E-state index in [9.17, 15) is 0 Å². The normalized spacial score (nSPS) is 10.4. The molecular formula is C16H14BNO2. The van der Waals surface area contributed by atoms with Crippen molar-refractivity contribution >= 4 is 23.8 Å². The molecule has 3 rings (SSSR count). The fourth-order valence-corrected chi connectivity index (χ4v) is 2.07. The van der Waals surface area contributed by atoms with Crippen molar-refractivity contribution in [3.63, 3.8) is 0 Å². The predicted octanol–water partition coefficient (Wildman–Crippen LogP) is 1.78. The van der Waals surface area contributed by atoms with Gasteiger partial charge in [-0.1, -0.05) is 41.9 Å². The second-order valence-electron chi connectivity index (χ2n) is 4.59. The summed E-state index contributed by atoms with van der Waals surface area (Å²) in [4.78, 5) is 4.56. The standard InChI is InChI=1S/C16H14BNO2/c19-17-13-7-9-16-12(10-13)6-8-14(18-16)11-20-15-4-2-1-3-5-15/h1-10,17,19H,11H2. The number of nitrogens with zero attached hydrogens (tertiary/aromatic N) is 1. The highest BCUT2D eigenvalue weighted by atomic mass is 16.5. The first-order valence-electron chi connectivity index (χ1n) is 6.52. The van der Waals surface area contributed by atoms with Crippen molar-refractivity contribution in [2.45, 2.75) is 6.61 Å². The Morgan fingerprint density at radius 1 is 1.00 bits per heavy atom. The Morgan fingerprint density at radius 3 is 2.65 bits per heavy atom. The summed E-state index contributed by atoms with van der Waals surface area (Å²) in [5, 5.41) is 10.1. The molecule has 2 aromatic carbocycles. The number of para-hydroxylation sites is 1. The number of aromatic nitrogens is 1. The lowest BCUT2D eigenvalue weighted by Crippen LogP contribution is -2.12. The zero-order chi connectivity index (χ0) is 13.8. The molecule has 0 fully saturated rings. The maximum atomic E-state index is 9.12. The predicted molar refractivity (Wildman–Crippen MR) is 81.5 cm³/mol. The van der Waals surface area contributed by atoms with Crippen molar-refractivity contribution in [3.05, 3.63) is 66.4 Å². The number of ether oxygens (including phenoxy) is 1. The van der Waals surface area contributed by atoms with E-state index in [1.807, 2.05) is 60.7 Å².